The molecule has 3 saturated heterocycles. The van der Waals surface area contributed by atoms with E-state index >= 15 is 0 Å². The SMILES string of the molecule is CC(C)(C)N1CCC(CN2CC3(CCN(C(C)(C)C)CC3)C2)CC1. The molecule has 140 valence electrons. The van der Waals surface area contributed by atoms with Gasteiger partial charge >= 0.3 is 0 Å². The molecule has 3 aliphatic heterocycles. The lowest BCUT2D eigenvalue weighted by Gasteiger charge is -2.56. The first-order chi connectivity index (χ1) is 11.1. The molecule has 0 aromatic heterocycles. The lowest BCUT2D eigenvalue weighted by atomic mass is 9.71. The van der Waals surface area contributed by atoms with E-state index in [1.165, 1.54) is 71.5 Å². The molecule has 0 radical (unpaired) electrons. The van der Waals surface area contributed by atoms with Gasteiger partial charge in [-0.05, 0) is 105 Å². The fraction of sp³-hybridized carbons (Fsp3) is 1.00. The van der Waals surface area contributed by atoms with Crippen LogP contribution in [0.4, 0.5) is 0 Å². The van der Waals surface area contributed by atoms with E-state index in [9.17, 15) is 0 Å². The van der Waals surface area contributed by atoms with E-state index in [1.54, 1.807) is 0 Å². The molecule has 3 rings (SSSR count). The van der Waals surface area contributed by atoms with E-state index in [2.05, 4.69) is 56.2 Å². The minimum absolute atomic E-state index is 0.353. The summed E-state index contributed by atoms with van der Waals surface area (Å²) >= 11 is 0. The maximum atomic E-state index is 2.77. The molecule has 3 heterocycles. The largest absolute Gasteiger partial charge is 0.302 e. The Morgan fingerprint density at radius 2 is 1.21 bits per heavy atom. The van der Waals surface area contributed by atoms with Crippen LogP contribution in [0.25, 0.3) is 0 Å². The van der Waals surface area contributed by atoms with E-state index in [-0.39, 0.29) is 0 Å². The molecule has 0 aromatic rings. The standard InChI is InChI=1S/C21H41N3/c1-19(2,3)23-11-7-18(8-12-23)15-22-16-21(17-22)9-13-24(14-10-21)20(4,5)6/h18H,7-17H2,1-6H3. The van der Waals surface area contributed by atoms with Crippen LogP contribution in [0.15, 0.2) is 0 Å². The van der Waals surface area contributed by atoms with Crippen LogP contribution in [-0.2, 0) is 0 Å². The smallest absolute Gasteiger partial charge is 0.0125 e. The van der Waals surface area contributed by atoms with E-state index < -0.39 is 0 Å². The van der Waals surface area contributed by atoms with Crippen molar-refractivity contribution in [2.24, 2.45) is 11.3 Å². The lowest BCUT2D eigenvalue weighted by molar-refractivity contribution is -0.0711. The monoisotopic (exact) mass is 335 g/mol. The maximum Gasteiger partial charge on any atom is 0.0125 e. The predicted octanol–water partition coefficient (Wildman–Crippen LogP) is 3.69. The molecule has 0 atom stereocenters. The second-order valence-electron chi connectivity index (χ2n) is 10.9. The van der Waals surface area contributed by atoms with Crippen LogP contribution in [0.5, 0.6) is 0 Å². The fourth-order valence-electron chi connectivity index (χ4n) is 5.15. The molecule has 0 aromatic carbocycles. The second kappa shape index (κ2) is 6.55. The summed E-state index contributed by atoms with van der Waals surface area (Å²) in [6.45, 7) is 23.5. The van der Waals surface area contributed by atoms with Crippen molar-refractivity contribution in [1.29, 1.82) is 0 Å². The first-order valence-electron chi connectivity index (χ1n) is 10.3. The highest BCUT2D eigenvalue weighted by Gasteiger charge is 2.46. The van der Waals surface area contributed by atoms with Crippen LogP contribution in [-0.4, -0.2) is 71.6 Å². The highest BCUT2D eigenvalue weighted by Crippen LogP contribution is 2.42. The Bertz CT molecular complexity index is 405. The van der Waals surface area contributed by atoms with Crippen LogP contribution >= 0.6 is 0 Å². The van der Waals surface area contributed by atoms with Crippen LogP contribution in [0.2, 0.25) is 0 Å². The first kappa shape index (κ1) is 18.7. The van der Waals surface area contributed by atoms with E-state index in [1.807, 2.05) is 0 Å². The van der Waals surface area contributed by atoms with Gasteiger partial charge in [-0.2, -0.15) is 0 Å². The molecule has 24 heavy (non-hydrogen) atoms. The van der Waals surface area contributed by atoms with E-state index in [0.29, 0.717) is 16.5 Å². The zero-order valence-electron chi connectivity index (χ0n) is 17.2. The molecule has 3 aliphatic rings. The van der Waals surface area contributed by atoms with E-state index in [0.717, 1.165) is 5.92 Å². The molecule has 3 nitrogen and oxygen atoms in total. The Balaban J connectivity index is 1.38. The number of nitrogens with zero attached hydrogens (tertiary/aromatic N) is 3. The Hall–Kier alpha value is -0.120. The van der Waals surface area contributed by atoms with Crippen LogP contribution in [0, 0.1) is 11.3 Å². The van der Waals surface area contributed by atoms with Gasteiger partial charge in [0.1, 0.15) is 0 Å². The van der Waals surface area contributed by atoms with E-state index in [4.69, 9.17) is 0 Å². The number of likely N-dealkylation sites (tertiary alicyclic amines) is 3. The highest BCUT2D eigenvalue weighted by atomic mass is 15.3. The fourth-order valence-corrected chi connectivity index (χ4v) is 5.15. The van der Waals surface area contributed by atoms with Gasteiger partial charge in [0.15, 0.2) is 0 Å². The average Bonchev–Trinajstić information content (AvgIpc) is 2.45. The number of piperidine rings is 2. The van der Waals surface area contributed by atoms with Gasteiger partial charge < -0.3 is 4.90 Å². The summed E-state index contributed by atoms with van der Waals surface area (Å²) in [5.41, 5.74) is 1.38. The third-order valence-corrected chi connectivity index (χ3v) is 6.97. The average molecular weight is 336 g/mol. The van der Waals surface area contributed by atoms with Gasteiger partial charge in [-0.15, -0.1) is 0 Å². The molecule has 0 aliphatic carbocycles. The summed E-state index contributed by atoms with van der Waals surface area (Å²) in [6, 6.07) is 0. The van der Waals surface area contributed by atoms with Gasteiger partial charge in [-0.3, -0.25) is 9.80 Å². The zero-order chi connectivity index (χ0) is 17.6. The minimum Gasteiger partial charge on any atom is -0.302 e. The Morgan fingerprint density at radius 1 is 0.750 bits per heavy atom. The molecular formula is C21H41N3. The van der Waals surface area contributed by atoms with Crippen molar-refractivity contribution >= 4 is 0 Å². The molecule has 0 bridgehead atoms. The number of hydrogen-bond donors (Lipinski definition) is 0. The normalized spacial score (nSPS) is 28.2. The summed E-state index contributed by atoms with van der Waals surface area (Å²) in [7, 11) is 0. The summed E-state index contributed by atoms with van der Waals surface area (Å²) in [5.74, 6) is 0.940. The van der Waals surface area contributed by atoms with Crippen molar-refractivity contribution in [3.8, 4) is 0 Å². The van der Waals surface area contributed by atoms with Gasteiger partial charge in [0.2, 0.25) is 0 Å². The maximum absolute atomic E-state index is 2.77. The quantitative estimate of drug-likeness (QED) is 0.762. The molecule has 3 fully saturated rings. The molecule has 3 heteroatoms. The molecule has 1 spiro atoms. The summed E-state index contributed by atoms with van der Waals surface area (Å²) in [5, 5.41) is 0. The Labute approximate surface area is 150 Å². The van der Waals surface area contributed by atoms with Gasteiger partial charge in [0.25, 0.3) is 0 Å². The van der Waals surface area contributed by atoms with Gasteiger partial charge in [-0.25, -0.2) is 0 Å². The molecular weight excluding hydrogens is 294 g/mol. The molecule has 0 unspecified atom stereocenters. The second-order valence-corrected chi connectivity index (χ2v) is 10.9. The molecule has 0 amide bonds. The van der Waals surface area contributed by atoms with Crippen molar-refractivity contribution in [2.45, 2.75) is 78.3 Å². The number of rotatable bonds is 2. The Morgan fingerprint density at radius 3 is 1.67 bits per heavy atom. The third kappa shape index (κ3) is 4.16. The van der Waals surface area contributed by atoms with Gasteiger partial charge in [0.05, 0.1) is 0 Å². The topological polar surface area (TPSA) is 9.72 Å². The summed E-state index contributed by atoms with van der Waals surface area (Å²) < 4.78 is 0. The molecule has 0 N–H and O–H groups in total. The van der Waals surface area contributed by atoms with Crippen molar-refractivity contribution in [3.63, 3.8) is 0 Å². The lowest BCUT2D eigenvalue weighted by Crippen LogP contribution is -2.62. The van der Waals surface area contributed by atoms with Crippen molar-refractivity contribution in [2.75, 3.05) is 45.8 Å². The van der Waals surface area contributed by atoms with Crippen LogP contribution in [0.1, 0.15) is 67.2 Å². The van der Waals surface area contributed by atoms with Crippen molar-refractivity contribution in [1.82, 2.24) is 14.7 Å². The van der Waals surface area contributed by atoms with Gasteiger partial charge in [0, 0.05) is 30.7 Å². The van der Waals surface area contributed by atoms with Crippen LogP contribution < -0.4 is 0 Å². The number of hydrogen-bond acceptors (Lipinski definition) is 3. The predicted molar refractivity (Wildman–Crippen MR) is 103 cm³/mol. The van der Waals surface area contributed by atoms with Crippen molar-refractivity contribution in [3.05, 3.63) is 0 Å². The summed E-state index contributed by atoms with van der Waals surface area (Å²) in [6.07, 6.45) is 5.64. The Kier molecular flexibility index (Phi) is 5.10. The zero-order valence-corrected chi connectivity index (χ0v) is 17.2. The van der Waals surface area contributed by atoms with Gasteiger partial charge in [-0.1, -0.05) is 0 Å². The highest BCUT2D eigenvalue weighted by molar-refractivity contribution is 5.00. The molecule has 0 saturated carbocycles. The summed E-state index contributed by atoms with van der Waals surface area (Å²) in [4.78, 5) is 8.12. The first-order valence-corrected chi connectivity index (χ1v) is 10.3. The van der Waals surface area contributed by atoms with Crippen LogP contribution in [0.3, 0.4) is 0 Å². The minimum atomic E-state index is 0.353. The van der Waals surface area contributed by atoms with Crippen molar-refractivity contribution < 1.29 is 0 Å². The third-order valence-electron chi connectivity index (χ3n) is 6.97.